The number of nitrogens with one attached hydrogen (secondary N) is 1. The second-order valence-electron chi connectivity index (χ2n) is 4.28. The maximum absolute atomic E-state index is 4.30. The van der Waals surface area contributed by atoms with Crippen LogP contribution in [-0.2, 0) is 0 Å². The molecular weight excluding hydrogens is 346 g/mol. The molecule has 0 spiro atoms. The zero-order valence-corrected chi connectivity index (χ0v) is 12.8. The Kier molecular flexibility index (Phi) is 3.99. The van der Waals surface area contributed by atoms with Crippen LogP contribution in [0.5, 0.6) is 0 Å². The minimum absolute atomic E-state index is 0.579. The lowest BCUT2D eigenvalue weighted by Gasteiger charge is -2.11. The Labute approximate surface area is 117 Å². The highest BCUT2D eigenvalue weighted by Gasteiger charge is 2.08. The van der Waals surface area contributed by atoms with E-state index in [1.165, 1.54) is 0 Å². The van der Waals surface area contributed by atoms with Crippen molar-refractivity contribution in [3.8, 4) is 0 Å². The fourth-order valence-electron chi connectivity index (χ4n) is 1.53. The molecule has 1 aromatic carbocycles. The fourth-order valence-corrected chi connectivity index (χ4v) is 2.86. The molecule has 2 rings (SSSR count). The lowest BCUT2D eigenvalue weighted by Crippen LogP contribution is -2.09. The Morgan fingerprint density at radius 3 is 2.71 bits per heavy atom. The van der Waals surface area contributed by atoms with Gasteiger partial charge in [0, 0.05) is 20.9 Å². The first-order chi connectivity index (χ1) is 8.08. The van der Waals surface area contributed by atoms with Gasteiger partial charge in [-0.25, -0.2) is 9.97 Å². The van der Waals surface area contributed by atoms with Crippen LogP contribution in [0, 0.1) is 5.92 Å². The zero-order valence-electron chi connectivity index (χ0n) is 9.67. The Bertz CT molecular complexity index is 541. The van der Waals surface area contributed by atoms with Gasteiger partial charge in [0.2, 0.25) is 0 Å². The van der Waals surface area contributed by atoms with Crippen molar-refractivity contribution in [3.05, 3.63) is 27.4 Å². The summed E-state index contributed by atoms with van der Waals surface area (Å²) in [5.74, 6) is 1.46. The van der Waals surface area contributed by atoms with E-state index < -0.39 is 0 Å². The summed E-state index contributed by atoms with van der Waals surface area (Å²) in [4.78, 5) is 8.59. The van der Waals surface area contributed by atoms with E-state index in [1.807, 2.05) is 12.1 Å². The molecule has 17 heavy (non-hydrogen) atoms. The predicted molar refractivity (Wildman–Crippen MR) is 78.3 cm³/mol. The van der Waals surface area contributed by atoms with Crippen LogP contribution in [0.15, 0.2) is 27.4 Å². The Balaban J connectivity index is 2.49. The lowest BCUT2D eigenvalue weighted by atomic mass is 10.2. The highest BCUT2D eigenvalue weighted by molar-refractivity contribution is 9.11. The van der Waals surface area contributed by atoms with Gasteiger partial charge in [-0.15, -0.1) is 0 Å². The van der Waals surface area contributed by atoms with Crippen molar-refractivity contribution in [2.45, 2.75) is 13.8 Å². The van der Waals surface area contributed by atoms with Gasteiger partial charge >= 0.3 is 0 Å². The average Bonchev–Trinajstić information content (AvgIpc) is 2.26. The molecule has 0 radical (unpaired) electrons. The maximum atomic E-state index is 4.30. The minimum Gasteiger partial charge on any atom is -0.369 e. The van der Waals surface area contributed by atoms with Crippen molar-refractivity contribution in [3.63, 3.8) is 0 Å². The molecule has 2 aromatic rings. The van der Waals surface area contributed by atoms with Crippen molar-refractivity contribution in [1.82, 2.24) is 9.97 Å². The van der Waals surface area contributed by atoms with E-state index in [0.29, 0.717) is 5.92 Å². The number of rotatable bonds is 3. The first-order valence-corrected chi connectivity index (χ1v) is 7.00. The van der Waals surface area contributed by atoms with E-state index in [1.54, 1.807) is 6.33 Å². The summed E-state index contributed by atoms with van der Waals surface area (Å²) in [6.45, 7) is 5.24. The van der Waals surface area contributed by atoms with Crippen LogP contribution in [0.1, 0.15) is 13.8 Å². The van der Waals surface area contributed by atoms with E-state index in [4.69, 9.17) is 0 Å². The van der Waals surface area contributed by atoms with Gasteiger partial charge in [-0.1, -0.05) is 29.8 Å². The van der Waals surface area contributed by atoms with Gasteiger partial charge in [-0.2, -0.15) is 0 Å². The first-order valence-electron chi connectivity index (χ1n) is 5.41. The first kappa shape index (κ1) is 12.8. The monoisotopic (exact) mass is 357 g/mol. The number of aromatic nitrogens is 2. The Hall–Kier alpha value is -0.680. The van der Waals surface area contributed by atoms with Crippen molar-refractivity contribution in [2.24, 2.45) is 5.92 Å². The van der Waals surface area contributed by atoms with Gasteiger partial charge in [0.25, 0.3) is 0 Å². The van der Waals surface area contributed by atoms with Gasteiger partial charge in [0.15, 0.2) is 0 Å². The van der Waals surface area contributed by atoms with Gasteiger partial charge in [0.05, 0.1) is 5.52 Å². The molecule has 0 aliphatic rings. The summed E-state index contributed by atoms with van der Waals surface area (Å²) in [5, 5.41) is 4.37. The summed E-state index contributed by atoms with van der Waals surface area (Å²) in [6, 6.07) is 4.02. The van der Waals surface area contributed by atoms with Crippen molar-refractivity contribution in [2.75, 3.05) is 11.9 Å². The largest absolute Gasteiger partial charge is 0.369 e. The molecule has 0 saturated carbocycles. The van der Waals surface area contributed by atoms with Crippen LogP contribution in [-0.4, -0.2) is 16.5 Å². The van der Waals surface area contributed by atoms with Crippen molar-refractivity contribution >= 4 is 48.6 Å². The van der Waals surface area contributed by atoms with E-state index in [9.17, 15) is 0 Å². The third-order valence-corrected chi connectivity index (χ3v) is 3.40. The van der Waals surface area contributed by atoms with Crippen LogP contribution in [0.3, 0.4) is 0 Å². The summed E-state index contributed by atoms with van der Waals surface area (Å²) in [6.07, 6.45) is 1.59. The van der Waals surface area contributed by atoms with Gasteiger partial charge in [-0.05, 0) is 34.0 Å². The van der Waals surface area contributed by atoms with E-state index >= 15 is 0 Å². The normalized spacial score (nSPS) is 11.1. The molecule has 0 saturated heterocycles. The number of hydrogen-bond donors (Lipinski definition) is 1. The standard InChI is InChI=1S/C12H13Br2N3/c1-7(2)5-15-12-9-3-8(13)4-10(14)11(9)16-6-17-12/h3-4,6-7H,5H2,1-2H3,(H,15,16,17). The molecule has 0 aliphatic heterocycles. The molecule has 90 valence electrons. The maximum Gasteiger partial charge on any atom is 0.137 e. The highest BCUT2D eigenvalue weighted by Crippen LogP contribution is 2.30. The zero-order chi connectivity index (χ0) is 12.4. The van der Waals surface area contributed by atoms with E-state index in [-0.39, 0.29) is 0 Å². The minimum atomic E-state index is 0.579. The molecule has 3 nitrogen and oxygen atoms in total. The average molecular weight is 359 g/mol. The summed E-state index contributed by atoms with van der Waals surface area (Å²) >= 11 is 7.00. The fraction of sp³-hybridized carbons (Fsp3) is 0.333. The molecule has 5 heteroatoms. The quantitative estimate of drug-likeness (QED) is 0.892. The number of nitrogens with zero attached hydrogens (tertiary/aromatic N) is 2. The van der Waals surface area contributed by atoms with Crippen molar-refractivity contribution in [1.29, 1.82) is 0 Å². The molecule has 0 fully saturated rings. The van der Waals surface area contributed by atoms with Crippen LogP contribution in [0.4, 0.5) is 5.82 Å². The molecule has 0 bridgehead atoms. The molecule has 0 unspecified atom stereocenters. The SMILES string of the molecule is CC(C)CNc1ncnc2c(Br)cc(Br)cc12. The molecule has 0 atom stereocenters. The van der Waals surface area contributed by atoms with Gasteiger partial charge < -0.3 is 5.32 Å². The number of benzene rings is 1. The highest BCUT2D eigenvalue weighted by atomic mass is 79.9. The number of anilines is 1. The van der Waals surface area contributed by atoms with Crippen molar-refractivity contribution < 1.29 is 0 Å². The second-order valence-corrected chi connectivity index (χ2v) is 6.05. The number of hydrogen-bond acceptors (Lipinski definition) is 3. The van der Waals surface area contributed by atoms with Crippen LogP contribution in [0.2, 0.25) is 0 Å². The number of fused-ring (bicyclic) bond motifs is 1. The molecule has 0 amide bonds. The third kappa shape index (κ3) is 2.96. The summed E-state index contributed by atoms with van der Waals surface area (Å²) in [5.41, 5.74) is 0.925. The summed E-state index contributed by atoms with van der Waals surface area (Å²) < 4.78 is 1.98. The molecule has 1 N–H and O–H groups in total. The predicted octanol–water partition coefficient (Wildman–Crippen LogP) is 4.22. The Morgan fingerprint density at radius 2 is 2.00 bits per heavy atom. The van der Waals surface area contributed by atoms with E-state index in [2.05, 4.69) is 61.0 Å². The number of halogens is 2. The second kappa shape index (κ2) is 5.31. The molecule has 1 heterocycles. The Morgan fingerprint density at radius 1 is 1.24 bits per heavy atom. The molecule has 1 aromatic heterocycles. The smallest absolute Gasteiger partial charge is 0.137 e. The third-order valence-electron chi connectivity index (χ3n) is 2.33. The van der Waals surface area contributed by atoms with Crippen LogP contribution in [0.25, 0.3) is 10.9 Å². The van der Waals surface area contributed by atoms with Gasteiger partial charge in [0.1, 0.15) is 12.1 Å². The topological polar surface area (TPSA) is 37.8 Å². The molecule has 0 aliphatic carbocycles. The van der Waals surface area contributed by atoms with E-state index in [0.717, 1.165) is 32.2 Å². The summed E-state index contributed by atoms with van der Waals surface area (Å²) in [7, 11) is 0. The van der Waals surface area contributed by atoms with Crippen LogP contribution < -0.4 is 5.32 Å². The molecular formula is C12H13Br2N3. The van der Waals surface area contributed by atoms with Gasteiger partial charge in [-0.3, -0.25) is 0 Å². The van der Waals surface area contributed by atoms with Crippen LogP contribution >= 0.6 is 31.9 Å². The lowest BCUT2D eigenvalue weighted by molar-refractivity contribution is 0.687.